The van der Waals surface area contributed by atoms with E-state index in [1.165, 1.54) is 15.6 Å². The van der Waals surface area contributed by atoms with Crippen molar-refractivity contribution >= 4 is 27.3 Å². The van der Waals surface area contributed by atoms with Gasteiger partial charge in [-0.1, -0.05) is 6.07 Å². The fourth-order valence-electron chi connectivity index (χ4n) is 2.15. The van der Waals surface area contributed by atoms with Gasteiger partial charge in [-0.15, -0.1) is 11.3 Å². The van der Waals surface area contributed by atoms with E-state index in [1.807, 2.05) is 0 Å². The van der Waals surface area contributed by atoms with Crippen molar-refractivity contribution in [2.75, 3.05) is 19.7 Å². The second kappa shape index (κ2) is 6.02. The summed E-state index contributed by atoms with van der Waals surface area (Å²) in [6, 6.07) is 3.30. The summed E-state index contributed by atoms with van der Waals surface area (Å²) in [5.74, 6) is -0.642. The Kier molecular flexibility index (Phi) is 4.59. The zero-order valence-corrected chi connectivity index (χ0v) is 12.4. The predicted molar refractivity (Wildman–Crippen MR) is 72.4 cm³/mol. The molecule has 1 aliphatic rings. The summed E-state index contributed by atoms with van der Waals surface area (Å²) in [6.45, 7) is 2.77. The molecule has 1 saturated heterocycles. The van der Waals surface area contributed by atoms with Crippen molar-refractivity contribution < 1.29 is 17.9 Å². The summed E-state index contributed by atoms with van der Waals surface area (Å²) in [4.78, 5) is 11.7. The lowest BCUT2D eigenvalue weighted by Crippen LogP contribution is -2.42. The molecule has 0 amide bonds. The van der Waals surface area contributed by atoms with Gasteiger partial charge in [0.2, 0.25) is 0 Å². The van der Waals surface area contributed by atoms with E-state index in [2.05, 4.69) is 0 Å². The van der Waals surface area contributed by atoms with Crippen LogP contribution in [0.25, 0.3) is 0 Å². The summed E-state index contributed by atoms with van der Waals surface area (Å²) in [7, 11) is -3.46. The zero-order chi connectivity index (χ0) is 13.9. The van der Waals surface area contributed by atoms with Crippen LogP contribution in [0, 0.1) is 5.92 Å². The summed E-state index contributed by atoms with van der Waals surface area (Å²) in [5.41, 5.74) is 0. The molecule has 1 atom stereocenters. The Bertz CT molecular complexity index is 524. The van der Waals surface area contributed by atoms with E-state index in [4.69, 9.17) is 4.74 Å². The number of nitrogens with zero attached hydrogens (tertiary/aromatic N) is 1. The van der Waals surface area contributed by atoms with Crippen LogP contribution in [0.3, 0.4) is 0 Å². The monoisotopic (exact) mass is 303 g/mol. The number of rotatable bonds is 4. The number of thiophene rings is 1. The molecule has 1 fully saturated rings. The minimum absolute atomic E-state index is 0.221. The van der Waals surface area contributed by atoms with Crippen LogP contribution in [0.15, 0.2) is 21.7 Å². The highest BCUT2D eigenvalue weighted by atomic mass is 32.2. The SMILES string of the molecule is CCOC(=O)[C@@H]1CCCN(S(=O)(=O)c2cccs2)C1. The Morgan fingerprint density at radius 1 is 1.58 bits per heavy atom. The fraction of sp³-hybridized carbons (Fsp3) is 0.583. The van der Waals surface area contributed by atoms with Gasteiger partial charge in [0.1, 0.15) is 4.21 Å². The van der Waals surface area contributed by atoms with Gasteiger partial charge in [-0.25, -0.2) is 8.42 Å². The zero-order valence-electron chi connectivity index (χ0n) is 10.7. The first kappa shape index (κ1) is 14.5. The maximum Gasteiger partial charge on any atom is 0.310 e. The van der Waals surface area contributed by atoms with Gasteiger partial charge in [0.15, 0.2) is 0 Å². The molecule has 0 aliphatic carbocycles. The number of hydrogen-bond acceptors (Lipinski definition) is 5. The third-order valence-corrected chi connectivity index (χ3v) is 6.33. The molecule has 0 saturated carbocycles. The number of carbonyl (C=O) groups excluding carboxylic acids is 1. The number of ether oxygens (including phenoxy) is 1. The third-order valence-electron chi connectivity index (χ3n) is 3.09. The fourth-order valence-corrected chi connectivity index (χ4v) is 4.82. The van der Waals surface area contributed by atoms with Gasteiger partial charge in [-0.05, 0) is 31.2 Å². The van der Waals surface area contributed by atoms with E-state index in [-0.39, 0.29) is 18.4 Å². The van der Waals surface area contributed by atoms with Crippen LogP contribution in [0.5, 0.6) is 0 Å². The second-order valence-corrected chi connectivity index (χ2v) is 7.50. The Morgan fingerprint density at radius 2 is 2.37 bits per heavy atom. The van der Waals surface area contributed by atoms with E-state index < -0.39 is 10.0 Å². The van der Waals surface area contributed by atoms with Gasteiger partial charge in [0.05, 0.1) is 12.5 Å². The Hall–Kier alpha value is -0.920. The summed E-state index contributed by atoms with van der Waals surface area (Å²) < 4.78 is 31.4. The molecule has 19 heavy (non-hydrogen) atoms. The molecule has 7 heteroatoms. The van der Waals surface area contributed by atoms with Crippen molar-refractivity contribution in [2.24, 2.45) is 5.92 Å². The second-order valence-electron chi connectivity index (χ2n) is 4.39. The van der Waals surface area contributed by atoms with Crippen LogP contribution in [-0.2, 0) is 19.6 Å². The van der Waals surface area contributed by atoms with Crippen LogP contribution in [0.1, 0.15) is 19.8 Å². The minimum atomic E-state index is -3.46. The molecule has 0 N–H and O–H groups in total. The number of esters is 1. The number of carbonyl (C=O) groups is 1. The predicted octanol–water partition coefficient (Wildman–Crippen LogP) is 1.71. The average Bonchev–Trinajstić information content (AvgIpc) is 2.94. The number of hydrogen-bond donors (Lipinski definition) is 0. The van der Waals surface area contributed by atoms with Gasteiger partial charge >= 0.3 is 5.97 Å². The summed E-state index contributed by atoms with van der Waals surface area (Å²) >= 11 is 1.20. The molecule has 106 valence electrons. The first-order valence-electron chi connectivity index (χ1n) is 6.26. The lowest BCUT2D eigenvalue weighted by molar-refractivity contribution is -0.149. The lowest BCUT2D eigenvalue weighted by Gasteiger charge is -2.30. The van der Waals surface area contributed by atoms with E-state index in [0.29, 0.717) is 30.2 Å². The van der Waals surface area contributed by atoms with E-state index in [0.717, 1.165) is 0 Å². The molecular weight excluding hydrogens is 286 g/mol. The van der Waals surface area contributed by atoms with Crippen molar-refractivity contribution in [1.82, 2.24) is 4.31 Å². The molecule has 2 heterocycles. The maximum atomic E-state index is 12.4. The van der Waals surface area contributed by atoms with E-state index in [9.17, 15) is 13.2 Å². The Balaban J connectivity index is 2.11. The van der Waals surface area contributed by atoms with Crippen LogP contribution < -0.4 is 0 Å². The van der Waals surface area contributed by atoms with Crippen molar-refractivity contribution in [1.29, 1.82) is 0 Å². The first-order chi connectivity index (χ1) is 9.05. The molecule has 0 spiro atoms. The molecular formula is C12H17NO4S2. The van der Waals surface area contributed by atoms with Crippen LogP contribution >= 0.6 is 11.3 Å². The van der Waals surface area contributed by atoms with Crippen LogP contribution in [-0.4, -0.2) is 38.4 Å². The van der Waals surface area contributed by atoms with Crippen molar-refractivity contribution in [2.45, 2.75) is 24.0 Å². The smallest absolute Gasteiger partial charge is 0.310 e. The van der Waals surface area contributed by atoms with Crippen molar-refractivity contribution in [3.8, 4) is 0 Å². The number of sulfonamides is 1. The summed E-state index contributed by atoms with van der Waals surface area (Å²) in [6.07, 6.45) is 1.38. The topological polar surface area (TPSA) is 63.7 Å². The van der Waals surface area contributed by atoms with E-state index in [1.54, 1.807) is 24.4 Å². The van der Waals surface area contributed by atoms with Crippen molar-refractivity contribution in [3.63, 3.8) is 0 Å². The van der Waals surface area contributed by atoms with Crippen LogP contribution in [0.2, 0.25) is 0 Å². The highest BCUT2D eigenvalue weighted by molar-refractivity contribution is 7.91. The van der Waals surface area contributed by atoms with E-state index >= 15 is 0 Å². The molecule has 0 unspecified atom stereocenters. The van der Waals surface area contributed by atoms with Gasteiger partial charge in [-0.3, -0.25) is 4.79 Å². The van der Waals surface area contributed by atoms with Gasteiger partial charge in [0, 0.05) is 13.1 Å². The molecule has 0 radical (unpaired) electrons. The van der Waals surface area contributed by atoms with Crippen molar-refractivity contribution in [3.05, 3.63) is 17.5 Å². The average molecular weight is 303 g/mol. The molecule has 0 aromatic carbocycles. The quantitative estimate of drug-likeness (QED) is 0.794. The van der Waals surface area contributed by atoms with Gasteiger partial charge in [0.25, 0.3) is 10.0 Å². The Morgan fingerprint density at radius 3 is 3.00 bits per heavy atom. The molecule has 5 nitrogen and oxygen atoms in total. The number of piperidine rings is 1. The highest BCUT2D eigenvalue weighted by Crippen LogP contribution is 2.26. The molecule has 1 aromatic rings. The molecule has 2 rings (SSSR count). The van der Waals surface area contributed by atoms with Gasteiger partial charge < -0.3 is 4.74 Å². The molecule has 1 aliphatic heterocycles. The van der Waals surface area contributed by atoms with Crippen LogP contribution in [0.4, 0.5) is 0 Å². The maximum absolute atomic E-state index is 12.4. The minimum Gasteiger partial charge on any atom is -0.466 e. The standard InChI is InChI=1S/C12H17NO4S2/c1-2-17-12(14)10-5-3-7-13(9-10)19(15,16)11-6-4-8-18-11/h4,6,8,10H,2-3,5,7,9H2,1H3/t10-/m1/s1. The molecule has 0 bridgehead atoms. The normalized spacial score (nSPS) is 21.2. The first-order valence-corrected chi connectivity index (χ1v) is 8.58. The Labute approximate surface area is 117 Å². The summed E-state index contributed by atoms with van der Waals surface area (Å²) in [5, 5.41) is 1.74. The molecule has 1 aromatic heterocycles. The highest BCUT2D eigenvalue weighted by Gasteiger charge is 2.34. The third kappa shape index (κ3) is 3.16. The van der Waals surface area contributed by atoms with Gasteiger partial charge in [-0.2, -0.15) is 4.31 Å². The largest absolute Gasteiger partial charge is 0.466 e. The lowest BCUT2D eigenvalue weighted by atomic mass is 10.0.